The molecule has 7 nitrogen and oxygen atoms in total. The molecule has 2 aromatic rings. The molecule has 0 aliphatic rings. The first-order valence-electron chi connectivity index (χ1n) is 6.19. The van der Waals surface area contributed by atoms with E-state index in [1.807, 2.05) is 0 Å². The fourth-order valence-corrected chi connectivity index (χ4v) is 3.08. The minimum absolute atomic E-state index is 0.0855. The predicted octanol–water partition coefficient (Wildman–Crippen LogP) is 0.366. The van der Waals surface area contributed by atoms with Crippen molar-refractivity contribution in [2.45, 2.75) is 18.2 Å². The van der Waals surface area contributed by atoms with Gasteiger partial charge >= 0.3 is 0 Å². The Bertz CT molecular complexity index is 757. The predicted molar refractivity (Wildman–Crippen MR) is 75.4 cm³/mol. The van der Waals surface area contributed by atoms with Crippen molar-refractivity contribution in [3.8, 4) is 0 Å². The Morgan fingerprint density at radius 1 is 1.43 bits per heavy atom. The first kappa shape index (κ1) is 15.4. The molecule has 0 spiro atoms. The fourth-order valence-electron chi connectivity index (χ4n) is 1.87. The third-order valence-corrected chi connectivity index (χ3v) is 4.44. The molecule has 0 saturated carbocycles. The highest BCUT2D eigenvalue weighted by molar-refractivity contribution is 7.89. The molecule has 2 rings (SSSR count). The largest absolute Gasteiger partial charge is 0.399 e. The maximum Gasteiger partial charge on any atom is 0.243 e. The van der Waals surface area contributed by atoms with E-state index in [4.69, 9.17) is 5.73 Å². The Morgan fingerprint density at radius 3 is 2.76 bits per heavy atom. The van der Waals surface area contributed by atoms with Gasteiger partial charge in [-0.25, -0.2) is 17.5 Å². The summed E-state index contributed by atoms with van der Waals surface area (Å²) in [5.74, 6) is -0.169. The van der Waals surface area contributed by atoms with Crippen LogP contribution in [-0.4, -0.2) is 29.7 Å². The molecule has 114 valence electrons. The molecular weight excluding hydrogens is 297 g/mol. The molecule has 21 heavy (non-hydrogen) atoms. The highest BCUT2D eigenvalue weighted by Gasteiger charge is 2.21. The standard InChI is InChI=1S/C12H16FN5O2S/c1-8-5-9(14)6-10(12(8)13)21(19,20)16-4-3-11-17-15-7-18(11)2/h5-7,16H,3-4,14H2,1-2H3. The van der Waals surface area contributed by atoms with Gasteiger partial charge in [0.15, 0.2) is 0 Å². The number of nitrogens with two attached hydrogens (primary N) is 1. The van der Waals surface area contributed by atoms with Crippen molar-refractivity contribution in [1.82, 2.24) is 19.5 Å². The molecule has 0 aliphatic carbocycles. The molecule has 0 radical (unpaired) electrons. The molecule has 9 heteroatoms. The summed E-state index contributed by atoms with van der Waals surface area (Å²) in [6.07, 6.45) is 1.86. The first-order chi connectivity index (χ1) is 9.81. The van der Waals surface area contributed by atoms with Crippen molar-refractivity contribution >= 4 is 15.7 Å². The van der Waals surface area contributed by atoms with E-state index in [1.54, 1.807) is 11.6 Å². The second-order valence-corrected chi connectivity index (χ2v) is 6.39. The number of halogens is 1. The van der Waals surface area contributed by atoms with E-state index >= 15 is 0 Å². The van der Waals surface area contributed by atoms with Crippen LogP contribution in [0.4, 0.5) is 10.1 Å². The van der Waals surface area contributed by atoms with Gasteiger partial charge in [0.1, 0.15) is 22.9 Å². The van der Waals surface area contributed by atoms with E-state index < -0.39 is 20.7 Å². The summed E-state index contributed by atoms with van der Waals surface area (Å²) >= 11 is 0. The van der Waals surface area contributed by atoms with Gasteiger partial charge in [0.25, 0.3) is 0 Å². The van der Waals surface area contributed by atoms with Crippen LogP contribution in [-0.2, 0) is 23.5 Å². The average molecular weight is 313 g/mol. The normalized spacial score (nSPS) is 11.8. The van der Waals surface area contributed by atoms with Crippen molar-refractivity contribution in [3.63, 3.8) is 0 Å². The SMILES string of the molecule is Cc1cc(N)cc(S(=O)(=O)NCCc2nncn2C)c1F. The van der Waals surface area contributed by atoms with Crippen molar-refractivity contribution in [1.29, 1.82) is 0 Å². The quantitative estimate of drug-likeness (QED) is 0.776. The molecule has 0 aliphatic heterocycles. The molecule has 1 heterocycles. The maximum absolute atomic E-state index is 13.9. The van der Waals surface area contributed by atoms with Crippen LogP contribution < -0.4 is 10.5 Å². The molecule has 0 fully saturated rings. The topological polar surface area (TPSA) is 103 Å². The molecule has 0 saturated heterocycles. The first-order valence-corrected chi connectivity index (χ1v) is 7.68. The zero-order valence-corrected chi connectivity index (χ0v) is 12.5. The lowest BCUT2D eigenvalue weighted by molar-refractivity contribution is 0.552. The molecule has 0 atom stereocenters. The number of nitrogens with zero attached hydrogens (tertiary/aromatic N) is 3. The van der Waals surface area contributed by atoms with E-state index in [0.717, 1.165) is 6.07 Å². The van der Waals surface area contributed by atoms with Gasteiger partial charge in [-0.2, -0.15) is 0 Å². The number of sulfonamides is 1. The van der Waals surface area contributed by atoms with Crippen LogP contribution in [0.2, 0.25) is 0 Å². The summed E-state index contributed by atoms with van der Waals surface area (Å²) in [5.41, 5.74) is 5.95. The molecule has 1 aromatic heterocycles. The summed E-state index contributed by atoms with van der Waals surface area (Å²) in [6.45, 7) is 1.55. The number of hydrogen-bond acceptors (Lipinski definition) is 5. The van der Waals surface area contributed by atoms with Gasteiger partial charge in [-0.3, -0.25) is 0 Å². The number of anilines is 1. The van der Waals surface area contributed by atoms with E-state index in [0.29, 0.717) is 12.2 Å². The van der Waals surface area contributed by atoms with Gasteiger partial charge in [-0.1, -0.05) is 0 Å². The average Bonchev–Trinajstić information content (AvgIpc) is 2.79. The van der Waals surface area contributed by atoms with Crippen molar-refractivity contribution < 1.29 is 12.8 Å². The van der Waals surface area contributed by atoms with Gasteiger partial charge in [0, 0.05) is 25.7 Å². The summed E-state index contributed by atoms with van der Waals surface area (Å²) in [5, 5.41) is 7.53. The number of aromatic nitrogens is 3. The van der Waals surface area contributed by atoms with E-state index in [1.165, 1.54) is 19.3 Å². The molecular formula is C12H16FN5O2S. The summed E-state index contributed by atoms with van der Waals surface area (Å²) in [4.78, 5) is -0.446. The van der Waals surface area contributed by atoms with Crippen molar-refractivity contribution in [3.05, 3.63) is 35.7 Å². The Kier molecular flexibility index (Phi) is 4.24. The van der Waals surface area contributed by atoms with Crippen LogP contribution >= 0.6 is 0 Å². The highest BCUT2D eigenvalue weighted by Crippen LogP contribution is 2.21. The van der Waals surface area contributed by atoms with Gasteiger partial charge in [0.2, 0.25) is 10.0 Å². The van der Waals surface area contributed by atoms with Crippen molar-refractivity contribution in [2.24, 2.45) is 7.05 Å². The van der Waals surface area contributed by atoms with Crippen LogP contribution in [0.25, 0.3) is 0 Å². The van der Waals surface area contributed by atoms with Crippen LogP contribution in [0.15, 0.2) is 23.4 Å². The summed E-state index contributed by atoms with van der Waals surface area (Å²) in [6, 6.07) is 2.49. The van der Waals surface area contributed by atoms with Crippen LogP contribution in [0, 0.1) is 12.7 Å². The zero-order valence-electron chi connectivity index (χ0n) is 11.7. The highest BCUT2D eigenvalue weighted by atomic mass is 32.2. The lowest BCUT2D eigenvalue weighted by Gasteiger charge is -2.10. The smallest absolute Gasteiger partial charge is 0.243 e. The van der Waals surface area contributed by atoms with Gasteiger partial charge < -0.3 is 10.3 Å². The maximum atomic E-state index is 13.9. The van der Waals surface area contributed by atoms with Crippen LogP contribution in [0.1, 0.15) is 11.4 Å². The molecule has 1 aromatic carbocycles. The molecule has 0 amide bonds. The third kappa shape index (κ3) is 3.37. The van der Waals surface area contributed by atoms with Gasteiger partial charge in [-0.15, -0.1) is 10.2 Å². The molecule has 0 bridgehead atoms. The lowest BCUT2D eigenvalue weighted by Crippen LogP contribution is -2.27. The van der Waals surface area contributed by atoms with E-state index in [2.05, 4.69) is 14.9 Å². The monoisotopic (exact) mass is 313 g/mol. The van der Waals surface area contributed by atoms with Gasteiger partial charge in [-0.05, 0) is 24.6 Å². The number of benzene rings is 1. The zero-order chi connectivity index (χ0) is 15.6. The number of hydrogen-bond donors (Lipinski definition) is 2. The van der Waals surface area contributed by atoms with Crippen LogP contribution in [0.3, 0.4) is 0 Å². The van der Waals surface area contributed by atoms with Crippen molar-refractivity contribution in [2.75, 3.05) is 12.3 Å². The summed E-state index contributed by atoms with van der Waals surface area (Å²) in [7, 11) is -2.21. The second-order valence-electron chi connectivity index (χ2n) is 4.66. The number of nitrogen functional groups attached to an aromatic ring is 1. The minimum atomic E-state index is -3.96. The second kappa shape index (κ2) is 5.78. The fraction of sp³-hybridized carbons (Fsp3) is 0.333. The molecule has 3 N–H and O–H groups in total. The Morgan fingerprint density at radius 2 is 2.14 bits per heavy atom. The number of aryl methyl sites for hydroxylation is 2. The molecule has 0 unspecified atom stereocenters. The Labute approximate surface area is 122 Å². The third-order valence-electron chi connectivity index (χ3n) is 2.98. The van der Waals surface area contributed by atoms with E-state index in [-0.39, 0.29) is 17.8 Å². The van der Waals surface area contributed by atoms with Gasteiger partial charge in [0.05, 0.1) is 0 Å². The minimum Gasteiger partial charge on any atom is -0.399 e. The lowest BCUT2D eigenvalue weighted by atomic mass is 10.2. The van der Waals surface area contributed by atoms with E-state index in [9.17, 15) is 12.8 Å². The van der Waals surface area contributed by atoms with Crippen LogP contribution in [0.5, 0.6) is 0 Å². The summed E-state index contributed by atoms with van der Waals surface area (Å²) < 4.78 is 42.2. The number of nitrogens with one attached hydrogen (secondary N) is 1. The number of rotatable bonds is 5. The Hall–Kier alpha value is -2.00. The Balaban J connectivity index is 2.14.